The normalized spacial score (nSPS) is 11.4. The molecule has 0 aliphatic carbocycles. The molecular formula is C20H24ClF3N4O4S. The van der Waals surface area contributed by atoms with Crippen LogP contribution in [0.2, 0.25) is 5.02 Å². The van der Waals surface area contributed by atoms with Crippen molar-refractivity contribution in [3.63, 3.8) is 0 Å². The fraction of sp³-hybridized carbons (Fsp3) is 0.500. The van der Waals surface area contributed by atoms with Crippen LogP contribution in [0.5, 0.6) is 0 Å². The number of aromatic nitrogens is 2. The van der Waals surface area contributed by atoms with Crippen molar-refractivity contribution in [1.82, 2.24) is 14.7 Å². The smallest absolute Gasteiger partial charge is 0.436 e. The SMILES string of the molecule is CCCOC(=O)c1c(NC(=O)CCn2nc(C(F)(F)F)c(Cl)c2C)sc(C(=O)N(C)C)c1C. The molecule has 2 amide bonds. The number of nitrogens with zero attached hydrogens (tertiary/aromatic N) is 3. The number of carbonyl (C=O) groups excluding carboxylic acids is 3. The summed E-state index contributed by atoms with van der Waals surface area (Å²) in [6.07, 6.45) is -4.37. The first-order chi connectivity index (χ1) is 15.3. The zero-order valence-corrected chi connectivity index (χ0v) is 20.3. The molecule has 13 heteroatoms. The van der Waals surface area contributed by atoms with Crippen molar-refractivity contribution in [2.75, 3.05) is 26.0 Å². The summed E-state index contributed by atoms with van der Waals surface area (Å²) >= 11 is 6.66. The number of rotatable bonds is 8. The molecule has 0 aliphatic heterocycles. The molecule has 0 fully saturated rings. The van der Waals surface area contributed by atoms with Gasteiger partial charge in [-0.15, -0.1) is 11.3 Å². The Kier molecular flexibility index (Phi) is 8.52. The van der Waals surface area contributed by atoms with E-state index < -0.39 is 28.8 Å². The number of hydrogen-bond acceptors (Lipinski definition) is 6. The third-order valence-electron chi connectivity index (χ3n) is 4.59. The Bertz CT molecular complexity index is 1060. The number of ether oxygens (including phenoxy) is 1. The number of carbonyl (C=O) groups is 3. The van der Waals surface area contributed by atoms with Crippen LogP contribution in [-0.2, 0) is 22.3 Å². The lowest BCUT2D eigenvalue weighted by molar-refractivity contribution is -0.141. The second-order valence-electron chi connectivity index (χ2n) is 7.36. The molecule has 0 saturated heterocycles. The number of anilines is 1. The Balaban J connectivity index is 2.25. The maximum absolute atomic E-state index is 13.0. The highest BCUT2D eigenvalue weighted by Crippen LogP contribution is 2.36. The van der Waals surface area contributed by atoms with Crippen molar-refractivity contribution in [2.24, 2.45) is 0 Å². The lowest BCUT2D eigenvalue weighted by Gasteiger charge is -2.09. The highest BCUT2D eigenvalue weighted by atomic mass is 35.5. The summed E-state index contributed by atoms with van der Waals surface area (Å²) in [4.78, 5) is 39.2. The molecule has 0 unspecified atom stereocenters. The topological polar surface area (TPSA) is 93.5 Å². The summed E-state index contributed by atoms with van der Waals surface area (Å²) in [7, 11) is 3.11. The van der Waals surface area contributed by atoms with Gasteiger partial charge in [0.1, 0.15) is 5.00 Å². The molecule has 0 bridgehead atoms. The van der Waals surface area contributed by atoms with Gasteiger partial charge in [0, 0.05) is 20.5 Å². The minimum absolute atomic E-state index is 0.0738. The molecule has 2 rings (SSSR count). The number of esters is 1. The minimum Gasteiger partial charge on any atom is -0.462 e. The predicted octanol–water partition coefficient (Wildman–Crippen LogP) is 4.53. The first kappa shape index (κ1) is 26.7. The van der Waals surface area contributed by atoms with Crippen LogP contribution in [0.15, 0.2) is 0 Å². The van der Waals surface area contributed by atoms with Crippen molar-refractivity contribution in [2.45, 2.75) is 46.3 Å². The Labute approximate surface area is 197 Å². The van der Waals surface area contributed by atoms with Crippen LogP contribution >= 0.6 is 22.9 Å². The Morgan fingerprint density at radius 3 is 2.39 bits per heavy atom. The number of halogens is 4. The molecule has 8 nitrogen and oxygen atoms in total. The highest BCUT2D eigenvalue weighted by molar-refractivity contribution is 7.18. The van der Waals surface area contributed by atoms with Gasteiger partial charge in [0.25, 0.3) is 5.91 Å². The molecule has 0 aromatic carbocycles. The van der Waals surface area contributed by atoms with Gasteiger partial charge >= 0.3 is 12.1 Å². The maximum atomic E-state index is 13.0. The molecule has 0 saturated carbocycles. The van der Waals surface area contributed by atoms with Crippen LogP contribution in [-0.4, -0.2) is 53.2 Å². The van der Waals surface area contributed by atoms with Crippen LogP contribution in [0.25, 0.3) is 0 Å². The molecule has 1 N–H and O–H groups in total. The standard InChI is InChI=1S/C20H24ClF3N4O4S/c1-6-9-32-19(31)13-10(2)15(18(30)27(4)5)33-17(13)25-12(29)7-8-28-11(3)14(21)16(26-28)20(22,23)24/h6-9H2,1-5H3,(H,25,29). The zero-order valence-electron chi connectivity index (χ0n) is 18.7. The maximum Gasteiger partial charge on any atom is 0.436 e. The molecule has 0 atom stereocenters. The molecule has 0 radical (unpaired) electrons. The summed E-state index contributed by atoms with van der Waals surface area (Å²) < 4.78 is 45.1. The van der Waals surface area contributed by atoms with Gasteiger partial charge in [-0.2, -0.15) is 18.3 Å². The Hall–Kier alpha value is -2.60. The van der Waals surface area contributed by atoms with Gasteiger partial charge < -0.3 is 15.0 Å². The van der Waals surface area contributed by atoms with E-state index in [1.165, 1.54) is 11.8 Å². The monoisotopic (exact) mass is 508 g/mol. The Morgan fingerprint density at radius 2 is 1.88 bits per heavy atom. The van der Waals surface area contributed by atoms with Crippen LogP contribution in [0.4, 0.5) is 18.2 Å². The first-order valence-corrected chi connectivity index (χ1v) is 11.1. The average Bonchev–Trinajstić information content (AvgIpc) is 3.20. The second kappa shape index (κ2) is 10.6. The third kappa shape index (κ3) is 6.05. The minimum atomic E-state index is -4.72. The van der Waals surface area contributed by atoms with E-state index in [0.29, 0.717) is 12.0 Å². The average molecular weight is 509 g/mol. The van der Waals surface area contributed by atoms with Gasteiger partial charge in [-0.1, -0.05) is 18.5 Å². The number of alkyl halides is 3. The number of hydrogen-bond donors (Lipinski definition) is 1. The molecule has 2 heterocycles. The van der Waals surface area contributed by atoms with E-state index in [-0.39, 0.29) is 46.6 Å². The van der Waals surface area contributed by atoms with Gasteiger partial charge in [-0.25, -0.2) is 4.79 Å². The van der Waals surface area contributed by atoms with E-state index in [0.717, 1.165) is 16.0 Å². The van der Waals surface area contributed by atoms with Gasteiger partial charge in [0.15, 0.2) is 5.69 Å². The van der Waals surface area contributed by atoms with Gasteiger partial charge in [-0.3, -0.25) is 14.3 Å². The molecule has 0 spiro atoms. The number of amides is 2. The van der Waals surface area contributed by atoms with Crippen LogP contribution in [0.3, 0.4) is 0 Å². The lowest BCUT2D eigenvalue weighted by atomic mass is 10.1. The largest absolute Gasteiger partial charge is 0.462 e. The van der Waals surface area contributed by atoms with Gasteiger partial charge in [-0.05, 0) is 25.8 Å². The van der Waals surface area contributed by atoms with Crippen molar-refractivity contribution in [3.05, 3.63) is 32.4 Å². The molecule has 33 heavy (non-hydrogen) atoms. The summed E-state index contributed by atoms with van der Waals surface area (Å²) in [5, 5.41) is 5.64. The number of nitrogens with one attached hydrogen (secondary N) is 1. The van der Waals surface area contributed by atoms with E-state index >= 15 is 0 Å². The van der Waals surface area contributed by atoms with Crippen LogP contribution < -0.4 is 5.32 Å². The number of aryl methyl sites for hydroxylation is 1. The predicted molar refractivity (Wildman–Crippen MR) is 118 cm³/mol. The summed E-state index contributed by atoms with van der Waals surface area (Å²) in [6, 6.07) is 0. The fourth-order valence-electron chi connectivity index (χ4n) is 2.84. The highest BCUT2D eigenvalue weighted by Gasteiger charge is 2.38. The van der Waals surface area contributed by atoms with Crippen molar-refractivity contribution in [3.8, 4) is 0 Å². The van der Waals surface area contributed by atoms with E-state index in [4.69, 9.17) is 16.3 Å². The molecular weight excluding hydrogens is 485 g/mol. The van der Waals surface area contributed by atoms with Crippen molar-refractivity contribution in [1.29, 1.82) is 0 Å². The summed E-state index contributed by atoms with van der Waals surface area (Å²) in [6.45, 7) is 4.77. The van der Waals surface area contributed by atoms with E-state index in [1.807, 2.05) is 6.92 Å². The molecule has 2 aromatic heterocycles. The summed E-state index contributed by atoms with van der Waals surface area (Å²) in [5.74, 6) is -1.60. The molecule has 0 aliphatic rings. The molecule has 2 aromatic rings. The zero-order chi connectivity index (χ0) is 25.1. The van der Waals surface area contributed by atoms with Crippen LogP contribution in [0, 0.1) is 13.8 Å². The van der Waals surface area contributed by atoms with E-state index in [1.54, 1.807) is 21.0 Å². The van der Waals surface area contributed by atoms with E-state index in [9.17, 15) is 27.6 Å². The summed E-state index contributed by atoms with van der Waals surface area (Å²) in [5.41, 5.74) is -0.695. The van der Waals surface area contributed by atoms with E-state index in [2.05, 4.69) is 10.4 Å². The first-order valence-electron chi connectivity index (χ1n) is 9.91. The molecule has 182 valence electrons. The van der Waals surface area contributed by atoms with Crippen LogP contribution in [0.1, 0.15) is 56.7 Å². The Morgan fingerprint density at radius 1 is 1.24 bits per heavy atom. The van der Waals surface area contributed by atoms with Gasteiger partial charge in [0.2, 0.25) is 5.91 Å². The lowest BCUT2D eigenvalue weighted by Crippen LogP contribution is -2.21. The van der Waals surface area contributed by atoms with Crippen molar-refractivity contribution >= 4 is 45.7 Å². The van der Waals surface area contributed by atoms with Crippen molar-refractivity contribution < 1.29 is 32.3 Å². The quantitative estimate of drug-likeness (QED) is 0.529. The third-order valence-corrected chi connectivity index (χ3v) is 6.24. The van der Waals surface area contributed by atoms with Gasteiger partial charge in [0.05, 0.1) is 34.3 Å². The number of thiophene rings is 1. The second-order valence-corrected chi connectivity index (χ2v) is 8.76. The fourth-order valence-corrected chi connectivity index (χ4v) is 4.32.